The molecule has 0 rings (SSSR count). The molecule has 0 saturated carbocycles. The number of ketones is 1. The van der Waals surface area contributed by atoms with E-state index < -0.39 is 11.5 Å². The number of hydrogen-bond donors (Lipinski definition) is 1. The molecule has 1 N–H and O–H groups in total. The van der Waals surface area contributed by atoms with E-state index >= 15 is 0 Å². The molecule has 0 aliphatic heterocycles. The summed E-state index contributed by atoms with van der Waals surface area (Å²) in [6, 6.07) is 0. The molecule has 0 aromatic heterocycles. The minimum Gasteiger partial charge on any atom is -0.453 e. The van der Waals surface area contributed by atoms with Crippen molar-refractivity contribution in [2.75, 3.05) is 19.5 Å². The zero-order valence-electron chi connectivity index (χ0n) is 8.02. The molecule has 0 aromatic carbocycles. The van der Waals surface area contributed by atoms with Crippen LogP contribution in [-0.2, 0) is 9.53 Å². The third-order valence-electron chi connectivity index (χ3n) is 1.74. The van der Waals surface area contributed by atoms with Gasteiger partial charge >= 0.3 is 6.09 Å². The van der Waals surface area contributed by atoms with Gasteiger partial charge in [0.05, 0.1) is 13.0 Å². The quantitative estimate of drug-likeness (QED) is 0.705. The average molecular weight is 208 g/mol. The number of carbonyl (C=O) groups excluding carboxylic acids is 2. The van der Waals surface area contributed by atoms with Gasteiger partial charge in [-0.15, -0.1) is 11.6 Å². The van der Waals surface area contributed by atoms with Crippen molar-refractivity contribution in [3.8, 4) is 0 Å². The van der Waals surface area contributed by atoms with Crippen molar-refractivity contribution in [1.82, 2.24) is 5.32 Å². The number of rotatable bonds is 4. The third kappa shape index (κ3) is 4.12. The largest absolute Gasteiger partial charge is 0.453 e. The first-order valence-corrected chi connectivity index (χ1v) is 4.38. The Bertz CT molecular complexity index is 204. The molecule has 0 spiro atoms. The number of ether oxygens (including phenoxy) is 1. The van der Waals surface area contributed by atoms with E-state index in [-0.39, 0.29) is 18.2 Å². The zero-order valence-corrected chi connectivity index (χ0v) is 8.77. The van der Waals surface area contributed by atoms with Gasteiger partial charge in [0.1, 0.15) is 0 Å². The van der Waals surface area contributed by atoms with Crippen LogP contribution in [0.25, 0.3) is 0 Å². The van der Waals surface area contributed by atoms with Gasteiger partial charge in [-0.3, -0.25) is 4.79 Å². The Hall–Kier alpha value is -0.770. The molecule has 0 heterocycles. The highest BCUT2D eigenvalue weighted by Gasteiger charge is 2.26. The Kier molecular flexibility index (Phi) is 4.77. The lowest BCUT2D eigenvalue weighted by atomic mass is 9.89. The van der Waals surface area contributed by atoms with Crippen molar-refractivity contribution in [3.63, 3.8) is 0 Å². The van der Waals surface area contributed by atoms with Crippen LogP contribution in [-0.4, -0.2) is 31.4 Å². The minimum absolute atomic E-state index is 0.0458. The lowest BCUT2D eigenvalue weighted by Gasteiger charge is -2.21. The molecule has 0 radical (unpaired) electrons. The van der Waals surface area contributed by atoms with Crippen molar-refractivity contribution in [2.45, 2.75) is 13.8 Å². The van der Waals surface area contributed by atoms with Gasteiger partial charge in [0.2, 0.25) is 0 Å². The molecule has 13 heavy (non-hydrogen) atoms. The van der Waals surface area contributed by atoms with Crippen LogP contribution in [0.1, 0.15) is 13.8 Å². The molecule has 0 fully saturated rings. The molecule has 1 amide bonds. The summed E-state index contributed by atoms with van der Waals surface area (Å²) in [6.07, 6.45) is -0.546. The second kappa shape index (κ2) is 5.07. The summed E-state index contributed by atoms with van der Waals surface area (Å²) in [4.78, 5) is 21.9. The second-order valence-corrected chi connectivity index (χ2v) is 3.55. The van der Waals surface area contributed by atoms with E-state index in [9.17, 15) is 9.59 Å². The number of nitrogens with one attached hydrogen (secondary N) is 1. The van der Waals surface area contributed by atoms with Gasteiger partial charge in [-0.05, 0) is 0 Å². The first-order chi connectivity index (χ1) is 5.94. The number of halogens is 1. The van der Waals surface area contributed by atoms with Crippen LogP contribution >= 0.6 is 11.6 Å². The first-order valence-electron chi connectivity index (χ1n) is 3.85. The second-order valence-electron chi connectivity index (χ2n) is 3.29. The van der Waals surface area contributed by atoms with Crippen LogP contribution < -0.4 is 5.32 Å². The Balaban J connectivity index is 4.03. The summed E-state index contributed by atoms with van der Waals surface area (Å²) >= 11 is 5.39. The van der Waals surface area contributed by atoms with Crippen molar-refractivity contribution >= 4 is 23.5 Å². The maximum atomic E-state index is 11.2. The van der Waals surface area contributed by atoms with Crippen LogP contribution in [0.15, 0.2) is 0 Å². The Labute approximate surface area is 82.6 Å². The molecule has 0 atom stereocenters. The van der Waals surface area contributed by atoms with Crippen molar-refractivity contribution in [3.05, 3.63) is 0 Å². The van der Waals surface area contributed by atoms with Crippen LogP contribution in [0.2, 0.25) is 0 Å². The lowest BCUT2D eigenvalue weighted by Crippen LogP contribution is -2.39. The predicted molar refractivity (Wildman–Crippen MR) is 49.9 cm³/mol. The molecule has 0 bridgehead atoms. The highest BCUT2D eigenvalue weighted by atomic mass is 35.5. The first kappa shape index (κ1) is 12.2. The number of hydrogen-bond acceptors (Lipinski definition) is 3. The number of carbonyl (C=O) groups is 2. The van der Waals surface area contributed by atoms with Crippen molar-refractivity contribution < 1.29 is 14.3 Å². The molecular weight excluding hydrogens is 194 g/mol. The van der Waals surface area contributed by atoms with Gasteiger partial charge in [-0.2, -0.15) is 0 Å². The van der Waals surface area contributed by atoms with Crippen LogP contribution in [0.3, 0.4) is 0 Å². The van der Waals surface area contributed by atoms with E-state index in [1.165, 1.54) is 7.11 Å². The molecule has 5 heteroatoms. The third-order valence-corrected chi connectivity index (χ3v) is 1.98. The molecule has 0 aromatic rings. The predicted octanol–water partition coefficient (Wildman–Crippen LogP) is 1.18. The van der Waals surface area contributed by atoms with Crippen LogP contribution in [0, 0.1) is 5.41 Å². The summed E-state index contributed by atoms with van der Waals surface area (Å²) < 4.78 is 4.36. The number of Topliss-reactive ketones (excluding diaryl/α,β-unsaturated/α-hetero) is 1. The summed E-state index contributed by atoms with van der Waals surface area (Å²) in [6.45, 7) is 3.66. The van der Waals surface area contributed by atoms with E-state index in [0.29, 0.717) is 0 Å². The fourth-order valence-corrected chi connectivity index (χ4v) is 1.01. The minimum atomic E-state index is -0.643. The van der Waals surface area contributed by atoms with Crippen LogP contribution in [0.5, 0.6) is 0 Å². The topological polar surface area (TPSA) is 55.4 Å². The fourth-order valence-electron chi connectivity index (χ4n) is 0.645. The van der Waals surface area contributed by atoms with E-state index in [4.69, 9.17) is 11.6 Å². The molecule has 0 saturated heterocycles. The van der Waals surface area contributed by atoms with Gasteiger partial charge in [-0.1, -0.05) is 13.8 Å². The van der Waals surface area contributed by atoms with Gasteiger partial charge in [0, 0.05) is 12.0 Å². The monoisotopic (exact) mass is 207 g/mol. The Morgan fingerprint density at radius 3 is 2.38 bits per heavy atom. The highest BCUT2D eigenvalue weighted by Crippen LogP contribution is 2.15. The standard InChI is InChI=1S/C8H14ClNO3/c1-8(2,6(11)4-9)5-10-7(12)13-3/h4-5H2,1-3H3,(H,10,12). The molecular formula is C8H14ClNO3. The Morgan fingerprint density at radius 1 is 1.46 bits per heavy atom. The van der Waals surface area contributed by atoms with E-state index in [1.807, 2.05) is 0 Å². The smallest absolute Gasteiger partial charge is 0.406 e. The number of alkyl carbamates (subject to hydrolysis) is 1. The van der Waals surface area contributed by atoms with Gasteiger partial charge in [-0.25, -0.2) is 4.79 Å². The Morgan fingerprint density at radius 2 is 2.00 bits per heavy atom. The molecule has 0 aliphatic rings. The SMILES string of the molecule is COC(=O)NCC(C)(C)C(=O)CCl. The zero-order chi connectivity index (χ0) is 10.5. The lowest BCUT2D eigenvalue weighted by molar-refractivity contribution is -0.124. The summed E-state index contributed by atoms with van der Waals surface area (Å²) in [5, 5.41) is 2.45. The molecule has 76 valence electrons. The van der Waals surface area contributed by atoms with Gasteiger partial charge in [0.15, 0.2) is 5.78 Å². The van der Waals surface area contributed by atoms with Crippen molar-refractivity contribution in [1.29, 1.82) is 0 Å². The summed E-state index contributed by atoms with van der Waals surface area (Å²) in [7, 11) is 1.27. The van der Waals surface area contributed by atoms with Crippen LogP contribution in [0.4, 0.5) is 4.79 Å². The fraction of sp³-hybridized carbons (Fsp3) is 0.750. The van der Waals surface area contributed by atoms with Crippen molar-refractivity contribution in [2.24, 2.45) is 5.41 Å². The number of amides is 1. The number of alkyl halides is 1. The highest BCUT2D eigenvalue weighted by molar-refractivity contribution is 6.28. The average Bonchev–Trinajstić information content (AvgIpc) is 2.12. The summed E-state index contributed by atoms with van der Waals surface area (Å²) in [5.41, 5.74) is -0.643. The van der Waals surface area contributed by atoms with Gasteiger partial charge in [0.25, 0.3) is 0 Å². The molecule has 0 aliphatic carbocycles. The maximum Gasteiger partial charge on any atom is 0.406 e. The van der Waals surface area contributed by atoms with E-state index in [1.54, 1.807) is 13.8 Å². The maximum absolute atomic E-state index is 11.2. The van der Waals surface area contributed by atoms with E-state index in [0.717, 1.165) is 0 Å². The molecule has 4 nitrogen and oxygen atoms in total. The van der Waals surface area contributed by atoms with Gasteiger partial charge < -0.3 is 10.1 Å². The normalized spacial score (nSPS) is 10.8. The summed E-state index contributed by atoms with van der Waals surface area (Å²) in [5.74, 6) is -0.152. The number of methoxy groups -OCH3 is 1. The van der Waals surface area contributed by atoms with E-state index in [2.05, 4.69) is 10.1 Å². The molecule has 0 unspecified atom stereocenters.